The van der Waals surface area contributed by atoms with E-state index in [0.717, 1.165) is 35.7 Å². The van der Waals surface area contributed by atoms with Gasteiger partial charge >= 0.3 is 0 Å². The van der Waals surface area contributed by atoms with E-state index in [2.05, 4.69) is 54.2 Å². The lowest BCUT2D eigenvalue weighted by molar-refractivity contribution is -0.142. The number of rotatable bonds is 10. The summed E-state index contributed by atoms with van der Waals surface area (Å²) in [5.74, 6) is 0.393. The summed E-state index contributed by atoms with van der Waals surface area (Å²) < 4.78 is 6.77. The minimum Gasteiger partial charge on any atom is -0.483 e. The van der Waals surface area contributed by atoms with Gasteiger partial charge in [-0.2, -0.15) is 0 Å². The molecule has 2 amide bonds. The number of carbonyl (C=O) groups excluding carboxylic acids is 2. The lowest BCUT2D eigenvalue weighted by Crippen LogP contribution is -2.53. The van der Waals surface area contributed by atoms with Crippen molar-refractivity contribution in [3.05, 3.63) is 64.1 Å². The predicted molar refractivity (Wildman–Crippen MR) is 149 cm³/mol. The maximum absolute atomic E-state index is 13.5. The molecule has 196 valence electrons. The molecule has 0 aliphatic heterocycles. The molecule has 2 aromatic carbocycles. The highest BCUT2D eigenvalue weighted by Gasteiger charge is 2.30. The summed E-state index contributed by atoms with van der Waals surface area (Å²) in [5.41, 5.74) is 2.34. The van der Waals surface area contributed by atoms with Gasteiger partial charge in [0, 0.05) is 12.6 Å². The molecule has 2 aromatic rings. The van der Waals surface area contributed by atoms with Gasteiger partial charge in [0.2, 0.25) is 5.91 Å². The fourth-order valence-corrected chi connectivity index (χ4v) is 5.24. The van der Waals surface area contributed by atoms with Gasteiger partial charge < -0.3 is 15.0 Å². The highest BCUT2D eigenvalue weighted by Crippen LogP contribution is 2.31. The molecule has 1 fully saturated rings. The van der Waals surface area contributed by atoms with Crippen LogP contribution in [0.15, 0.2) is 53.0 Å². The minimum atomic E-state index is -0.515. The predicted octanol–water partition coefficient (Wildman–Crippen LogP) is 6.42. The number of amides is 2. The Kier molecular flexibility index (Phi) is 10.4. The third-order valence-electron chi connectivity index (χ3n) is 6.97. The van der Waals surface area contributed by atoms with Crippen LogP contribution in [0.1, 0.15) is 77.3 Å². The number of hydrogen-bond donors (Lipinski definition) is 1. The SMILES string of the molecule is CC[C@@H](C(=O)NC1CCCCC1)N(CCc1ccccc1)C(=O)COc1ccc(C(C)(C)C)cc1Br. The summed E-state index contributed by atoms with van der Waals surface area (Å²) in [6, 6.07) is 15.7. The maximum Gasteiger partial charge on any atom is 0.261 e. The molecule has 1 atom stereocenters. The smallest absolute Gasteiger partial charge is 0.261 e. The third-order valence-corrected chi connectivity index (χ3v) is 7.59. The molecule has 1 N–H and O–H groups in total. The Morgan fingerprint density at radius 3 is 2.39 bits per heavy atom. The molecule has 1 saturated carbocycles. The lowest BCUT2D eigenvalue weighted by atomic mass is 9.87. The van der Waals surface area contributed by atoms with Crippen molar-refractivity contribution in [1.82, 2.24) is 10.2 Å². The molecular weight excluding hydrogens is 516 g/mol. The van der Waals surface area contributed by atoms with Crippen molar-refractivity contribution in [2.24, 2.45) is 0 Å². The van der Waals surface area contributed by atoms with Crippen LogP contribution < -0.4 is 10.1 Å². The Hall–Kier alpha value is -2.34. The van der Waals surface area contributed by atoms with E-state index in [1.807, 2.05) is 43.3 Å². The van der Waals surface area contributed by atoms with Crippen LogP contribution in [0.25, 0.3) is 0 Å². The molecule has 0 saturated heterocycles. The van der Waals surface area contributed by atoms with Crippen molar-refractivity contribution in [1.29, 1.82) is 0 Å². The van der Waals surface area contributed by atoms with Crippen LogP contribution in [0.5, 0.6) is 5.75 Å². The molecule has 0 bridgehead atoms. The molecule has 0 unspecified atom stereocenters. The normalized spacial score (nSPS) is 15.2. The topological polar surface area (TPSA) is 58.6 Å². The lowest BCUT2D eigenvalue weighted by Gasteiger charge is -2.32. The van der Waals surface area contributed by atoms with Crippen LogP contribution in [0.2, 0.25) is 0 Å². The Morgan fingerprint density at radius 2 is 1.78 bits per heavy atom. The molecular formula is C30H41BrN2O3. The number of halogens is 1. The first-order chi connectivity index (χ1) is 17.2. The van der Waals surface area contributed by atoms with Gasteiger partial charge in [-0.05, 0) is 70.3 Å². The van der Waals surface area contributed by atoms with E-state index in [4.69, 9.17) is 4.74 Å². The highest BCUT2D eigenvalue weighted by molar-refractivity contribution is 9.10. The second-order valence-electron chi connectivity index (χ2n) is 10.8. The first kappa shape index (κ1) is 28.2. The van der Waals surface area contributed by atoms with Gasteiger partial charge in [-0.3, -0.25) is 9.59 Å². The van der Waals surface area contributed by atoms with Crippen molar-refractivity contribution in [2.45, 2.75) is 90.1 Å². The second-order valence-corrected chi connectivity index (χ2v) is 11.6. The Balaban J connectivity index is 1.72. The number of hydrogen-bond acceptors (Lipinski definition) is 3. The monoisotopic (exact) mass is 556 g/mol. The van der Waals surface area contributed by atoms with Crippen LogP contribution in [-0.2, 0) is 21.4 Å². The zero-order chi connectivity index (χ0) is 26.1. The summed E-state index contributed by atoms with van der Waals surface area (Å²) in [5, 5.41) is 3.23. The van der Waals surface area contributed by atoms with E-state index in [9.17, 15) is 9.59 Å². The van der Waals surface area contributed by atoms with Gasteiger partial charge in [0.1, 0.15) is 11.8 Å². The Morgan fingerprint density at radius 1 is 1.08 bits per heavy atom. The molecule has 0 heterocycles. The van der Waals surface area contributed by atoms with Crippen LogP contribution in [0.3, 0.4) is 0 Å². The van der Waals surface area contributed by atoms with Gasteiger partial charge in [0.05, 0.1) is 4.47 Å². The van der Waals surface area contributed by atoms with E-state index in [-0.39, 0.29) is 29.9 Å². The number of nitrogens with one attached hydrogen (secondary N) is 1. The Bertz CT molecular complexity index is 997. The summed E-state index contributed by atoms with van der Waals surface area (Å²) in [6.45, 7) is 8.80. The summed E-state index contributed by atoms with van der Waals surface area (Å²) >= 11 is 3.60. The Labute approximate surface area is 225 Å². The van der Waals surface area contributed by atoms with Crippen LogP contribution >= 0.6 is 15.9 Å². The number of benzene rings is 2. The highest BCUT2D eigenvalue weighted by atomic mass is 79.9. The molecule has 0 aromatic heterocycles. The number of nitrogens with zero attached hydrogens (tertiary/aromatic N) is 1. The van der Waals surface area contributed by atoms with Crippen LogP contribution in [-0.4, -0.2) is 41.9 Å². The first-order valence-electron chi connectivity index (χ1n) is 13.3. The molecule has 6 heteroatoms. The number of carbonyl (C=O) groups is 2. The van der Waals surface area contributed by atoms with Gasteiger partial charge in [-0.15, -0.1) is 0 Å². The van der Waals surface area contributed by atoms with Gasteiger partial charge in [-0.25, -0.2) is 0 Å². The van der Waals surface area contributed by atoms with E-state index < -0.39 is 6.04 Å². The zero-order valence-electron chi connectivity index (χ0n) is 22.2. The molecule has 3 rings (SSSR count). The first-order valence-corrected chi connectivity index (χ1v) is 14.0. The molecule has 36 heavy (non-hydrogen) atoms. The van der Waals surface area contributed by atoms with Gasteiger partial charge in [0.15, 0.2) is 6.61 Å². The van der Waals surface area contributed by atoms with Crippen LogP contribution in [0, 0.1) is 0 Å². The van der Waals surface area contributed by atoms with Crippen LogP contribution in [0.4, 0.5) is 0 Å². The third kappa shape index (κ3) is 8.09. The average molecular weight is 558 g/mol. The zero-order valence-corrected chi connectivity index (χ0v) is 23.8. The average Bonchev–Trinajstić information content (AvgIpc) is 2.86. The second kappa shape index (κ2) is 13.3. The van der Waals surface area contributed by atoms with Crippen molar-refractivity contribution in [3.63, 3.8) is 0 Å². The van der Waals surface area contributed by atoms with E-state index in [0.29, 0.717) is 25.1 Å². The summed E-state index contributed by atoms with van der Waals surface area (Å²) in [4.78, 5) is 28.5. The molecule has 1 aliphatic rings. The summed E-state index contributed by atoms with van der Waals surface area (Å²) in [6.07, 6.45) is 6.80. The maximum atomic E-state index is 13.5. The molecule has 1 aliphatic carbocycles. The van der Waals surface area contributed by atoms with Crippen molar-refractivity contribution >= 4 is 27.7 Å². The van der Waals surface area contributed by atoms with E-state index in [1.165, 1.54) is 12.0 Å². The van der Waals surface area contributed by atoms with E-state index >= 15 is 0 Å². The van der Waals surface area contributed by atoms with E-state index in [1.54, 1.807) is 4.90 Å². The number of ether oxygens (including phenoxy) is 1. The largest absolute Gasteiger partial charge is 0.483 e. The molecule has 0 radical (unpaired) electrons. The van der Waals surface area contributed by atoms with Crippen molar-refractivity contribution in [2.75, 3.05) is 13.2 Å². The van der Waals surface area contributed by atoms with Crippen molar-refractivity contribution < 1.29 is 14.3 Å². The quantitative estimate of drug-likeness (QED) is 0.367. The molecule has 5 nitrogen and oxygen atoms in total. The van der Waals surface area contributed by atoms with Gasteiger partial charge in [-0.1, -0.05) is 83.4 Å². The van der Waals surface area contributed by atoms with Gasteiger partial charge in [0.25, 0.3) is 5.91 Å². The fraction of sp³-hybridized carbons (Fsp3) is 0.533. The molecule has 0 spiro atoms. The minimum absolute atomic E-state index is 0.0190. The standard InChI is InChI=1S/C30H41BrN2O3/c1-5-26(29(35)32-24-14-10-7-11-15-24)33(19-18-22-12-8-6-9-13-22)28(34)21-36-27-17-16-23(20-25(27)31)30(2,3)4/h6,8-9,12-13,16-17,20,24,26H,5,7,10-11,14-15,18-19,21H2,1-4H3,(H,32,35)/t26-/m0/s1. The summed E-state index contributed by atoms with van der Waals surface area (Å²) in [7, 11) is 0. The fourth-order valence-electron chi connectivity index (χ4n) is 4.75. The van der Waals surface area contributed by atoms with Crippen molar-refractivity contribution in [3.8, 4) is 5.75 Å².